The summed E-state index contributed by atoms with van der Waals surface area (Å²) in [6.07, 6.45) is 0. The van der Waals surface area contributed by atoms with Gasteiger partial charge in [-0.05, 0) is 0 Å². The molecule has 4 nitrogen and oxygen atoms in total. The predicted molar refractivity (Wildman–Crippen MR) is 31.0 cm³/mol. The van der Waals surface area contributed by atoms with Crippen molar-refractivity contribution >= 4 is 65.0 Å². The van der Waals surface area contributed by atoms with Crippen LogP contribution in [0.4, 0.5) is 0 Å². The maximum Gasteiger partial charge on any atom is 0 e. The van der Waals surface area contributed by atoms with Gasteiger partial charge in [0.05, 0.1) is 0 Å². The standard InChI is InChI=1S/Ca.Cu.4H2O.Pb.Ti.4H/h;;4*1H2;;;;;;/q+2;;;;;;;;;;2*-1. The molecular formula is H12CaCuO4PbTi. The molecule has 3 radical (unpaired) electrons. The van der Waals surface area contributed by atoms with E-state index in [-0.39, 0.29) is 129 Å². The van der Waals surface area contributed by atoms with E-state index in [0.29, 0.717) is 0 Å². The van der Waals surface area contributed by atoms with Gasteiger partial charge in [-0.15, -0.1) is 0 Å². The molecule has 0 bridgehead atoms. The zero-order chi connectivity index (χ0) is 0. The normalized spacial score (nSPS) is 0. The first-order valence-corrected chi connectivity index (χ1v) is 0. The second-order valence-corrected chi connectivity index (χ2v) is 0. The summed E-state index contributed by atoms with van der Waals surface area (Å²) in [5.41, 5.74) is 0. The Morgan fingerprint density at radius 3 is 0.750 bits per heavy atom. The number of hydrogen-bond donors (Lipinski definition) is 0. The first-order valence-electron chi connectivity index (χ1n) is 0. The number of hydrogen-bond acceptors (Lipinski definition) is 0. The Morgan fingerprint density at radius 2 is 0.750 bits per heavy atom. The van der Waals surface area contributed by atoms with E-state index in [1.54, 1.807) is 0 Å². The van der Waals surface area contributed by atoms with E-state index >= 15 is 0 Å². The zero-order valence-corrected chi connectivity index (χ0v) is 14.4. The fraction of sp³-hybridized carbons (Fsp3) is 0. The van der Waals surface area contributed by atoms with E-state index in [9.17, 15) is 0 Å². The van der Waals surface area contributed by atoms with Crippen molar-refractivity contribution in [1.82, 2.24) is 0 Å². The fourth-order valence-electron chi connectivity index (χ4n) is 0. The van der Waals surface area contributed by atoms with Gasteiger partial charge in [0.1, 0.15) is 0 Å². The summed E-state index contributed by atoms with van der Waals surface area (Å²) in [4.78, 5) is 0. The zero-order valence-electron chi connectivity index (χ0n) is 6.22. The maximum atomic E-state index is 0. The van der Waals surface area contributed by atoms with Crippen molar-refractivity contribution in [3.05, 3.63) is 0 Å². The van der Waals surface area contributed by atoms with Gasteiger partial charge in [-0.3, -0.25) is 0 Å². The molecular weight excluding hydrogens is 423 g/mol. The Balaban J connectivity index is 0. The van der Waals surface area contributed by atoms with Crippen LogP contribution in [0.15, 0.2) is 0 Å². The van der Waals surface area contributed by atoms with Crippen molar-refractivity contribution < 1.29 is 63.5 Å². The Kier molecular flexibility index (Phi) is 1160. The molecule has 8 heteroatoms. The van der Waals surface area contributed by atoms with Gasteiger partial charge in [-0.1, -0.05) is 0 Å². The van der Waals surface area contributed by atoms with E-state index < -0.39 is 0 Å². The molecule has 0 aromatic rings. The third kappa shape index (κ3) is 59.5. The van der Waals surface area contributed by atoms with Gasteiger partial charge in [-0.2, -0.15) is 0 Å². The Labute approximate surface area is 126 Å². The summed E-state index contributed by atoms with van der Waals surface area (Å²) in [6, 6.07) is 0. The minimum atomic E-state index is 0. The summed E-state index contributed by atoms with van der Waals surface area (Å²) in [6.45, 7) is 0. The second-order valence-electron chi connectivity index (χ2n) is 0. The van der Waals surface area contributed by atoms with Crippen molar-refractivity contribution in [3.63, 3.8) is 0 Å². The molecule has 0 heterocycles. The second kappa shape index (κ2) is 82.9. The summed E-state index contributed by atoms with van der Waals surface area (Å²) in [5, 5.41) is 0. The topological polar surface area (TPSA) is 126 Å². The van der Waals surface area contributed by atoms with Crippen LogP contribution in [0, 0.1) is 0 Å². The van der Waals surface area contributed by atoms with Crippen LogP contribution in [-0.4, -0.2) is 86.9 Å². The van der Waals surface area contributed by atoms with Crippen LogP contribution in [0.3, 0.4) is 0 Å². The third-order valence-corrected chi connectivity index (χ3v) is 0. The summed E-state index contributed by atoms with van der Waals surface area (Å²) in [5.74, 6) is 0. The van der Waals surface area contributed by atoms with Crippen LogP contribution >= 0.6 is 0 Å². The van der Waals surface area contributed by atoms with Crippen molar-refractivity contribution in [1.29, 1.82) is 0 Å². The summed E-state index contributed by atoms with van der Waals surface area (Å²) in [7, 11) is 0. The van der Waals surface area contributed by atoms with E-state index in [4.69, 9.17) is 0 Å². The Bertz CT molecular complexity index is 23.2. The molecule has 57 valence electrons. The smallest absolute Gasteiger partial charge is 0 e. The van der Waals surface area contributed by atoms with Crippen LogP contribution < -0.4 is 0 Å². The van der Waals surface area contributed by atoms with Gasteiger partial charge in [0, 0.05) is 38.8 Å². The van der Waals surface area contributed by atoms with Crippen molar-refractivity contribution in [2.45, 2.75) is 0 Å². The molecule has 0 aliphatic carbocycles. The van der Waals surface area contributed by atoms with Crippen molar-refractivity contribution in [2.24, 2.45) is 0 Å². The molecule has 0 atom stereocenters. The van der Waals surface area contributed by atoms with Crippen LogP contribution in [0.1, 0.15) is 2.85 Å². The largest absolute Gasteiger partial charge is 0 e. The molecule has 0 aromatic heterocycles. The molecule has 0 rings (SSSR count). The predicted octanol–water partition coefficient (Wildman–Crippen LogP) is -4.38. The van der Waals surface area contributed by atoms with Gasteiger partial charge in [0.25, 0.3) is 0 Å². The molecule has 0 saturated heterocycles. The minimum Gasteiger partial charge on any atom is 0 e. The van der Waals surface area contributed by atoms with Gasteiger partial charge in [-0.25, -0.2) is 0 Å². The summed E-state index contributed by atoms with van der Waals surface area (Å²) >= 11 is 0. The van der Waals surface area contributed by atoms with Crippen molar-refractivity contribution in [2.75, 3.05) is 0 Å². The molecule has 0 aliphatic heterocycles. The molecule has 0 amide bonds. The quantitative estimate of drug-likeness (QED) is 0.342. The van der Waals surface area contributed by atoms with Crippen molar-refractivity contribution in [3.8, 4) is 0 Å². The Hall–Kier alpha value is 3.26. The van der Waals surface area contributed by atoms with Gasteiger partial charge in [0.2, 0.25) is 0 Å². The SMILES string of the molecule is O.O.O.O.[Ca+2].[Cu].[H-].[H-].[PbH2].[Ti]. The fourth-order valence-corrected chi connectivity index (χ4v) is 0. The molecule has 0 spiro atoms. The van der Waals surface area contributed by atoms with Crippen LogP contribution in [0.25, 0.3) is 0 Å². The molecule has 0 fully saturated rings. The first-order chi connectivity index (χ1) is 0. The number of rotatable bonds is 0. The van der Waals surface area contributed by atoms with Crippen LogP contribution in [0.5, 0.6) is 0 Å². The molecule has 8 heavy (non-hydrogen) atoms. The van der Waals surface area contributed by atoms with Gasteiger partial charge < -0.3 is 24.8 Å². The molecule has 0 saturated carbocycles. The molecule has 8 N–H and O–H groups in total. The van der Waals surface area contributed by atoms with Gasteiger partial charge >= 0.3 is 65.0 Å². The van der Waals surface area contributed by atoms with Crippen LogP contribution in [-0.2, 0) is 38.8 Å². The molecule has 0 unspecified atom stereocenters. The van der Waals surface area contributed by atoms with E-state index in [2.05, 4.69) is 0 Å². The third-order valence-electron chi connectivity index (χ3n) is 0. The van der Waals surface area contributed by atoms with E-state index in [1.165, 1.54) is 0 Å². The van der Waals surface area contributed by atoms with Gasteiger partial charge in [0.15, 0.2) is 0 Å². The monoisotopic (exact) mass is 435 g/mol. The maximum absolute atomic E-state index is 0. The van der Waals surface area contributed by atoms with Crippen LogP contribution in [0.2, 0.25) is 0 Å². The van der Waals surface area contributed by atoms with E-state index in [0.717, 1.165) is 0 Å². The molecule has 0 aliphatic rings. The van der Waals surface area contributed by atoms with E-state index in [1.807, 2.05) is 0 Å². The first kappa shape index (κ1) is 112. The summed E-state index contributed by atoms with van der Waals surface area (Å²) < 4.78 is 0. The molecule has 0 aromatic carbocycles. The average molecular weight is 435 g/mol. The Morgan fingerprint density at radius 1 is 0.750 bits per heavy atom. The average Bonchev–Trinajstić information content (AvgIpc) is 0. The minimum absolute atomic E-state index is 0.